The molecule has 1 heterocycles. The molecule has 0 radical (unpaired) electrons. The van der Waals surface area contributed by atoms with E-state index in [1.54, 1.807) is 0 Å². The fourth-order valence-electron chi connectivity index (χ4n) is 3.33. The van der Waals surface area contributed by atoms with Crippen molar-refractivity contribution in [2.75, 3.05) is 0 Å². The van der Waals surface area contributed by atoms with Gasteiger partial charge in [0.2, 0.25) is 5.91 Å². The van der Waals surface area contributed by atoms with Crippen LogP contribution in [0.2, 0.25) is 0 Å². The summed E-state index contributed by atoms with van der Waals surface area (Å²) in [5.41, 5.74) is 7.47. The van der Waals surface area contributed by atoms with Crippen LogP contribution in [0.3, 0.4) is 0 Å². The second-order valence-electron chi connectivity index (χ2n) is 6.63. The Balaban J connectivity index is 1.65. The molecule has 0 aliphatic heterocycles. The lowest BCUT2D eigenvalue weighted by Crippen LogP contribution is -2.44. The smallest absolute Gasteiger partial charge is 0.273 e. The highest BCUT2D eigenvalue weighted by Gasteiger charge is 2.26. The summed E-state index contributed by atoms with van der Waals surface area (Å²) in [6.07, 6.45) is 4.17. The summed E-state index contributed by atoms with van der Waals surface area (Å²) in [5.74, 6) is -0.494. The zero-order valence-corrected chi connectivity index (χ0v) is 15.5. The monoisotopic (exact) mass is 356 g/mol. The van der Waals surface area contributed by atoms with E-state index in [9.17, 15) is 9.59 Å². The van der Waals surface area contributed by atoms with Crippen LogP contribution in [0, 0.1) is 5.92 Å². The molecule has 0 saturated carbocycles. The molecule has 1 aliphatic carbocycles. The highest BCUT2D eigenvalue weighted by molar-refractivity contribution is 7.14. The number of carbonyl (C=O) groups excluding carboxylic acids is 2. The maximum absolute atomic E-state index is 12.7. The Bertz CT molecular complexity index is 733. The fourth-order valence-corrected chi connectivity index (χ4v) is 4.48. The van der Waals surface area contributed by atoms with Gasteiger partial charge < -0.3 is 0 Å². The van der Waals surface area contributed by atoms with Crippen LogP contribution >= 0.6 is 11.3 Å². The molecule has 2 aromatic rings. The van der Waals surface area contributed by atoms with E-state index in [-0.39, 0.29) is 23.7 Å². The van der Waals surface area contributed by atoms with Gasteiger partial charge in [0.05, 0.1) is 10.8 Å². The van der Waals surface area contributed by atoms with E-state index in [1.165, 1.54) is 28.2 Å². The lowest BCUT2D eigenvalue weighted by molar-refractivity contribution is -0.124. The van der Waals surface area contributed by atoms with Gasteiger partial charge in [0.15, 0.2) is 0 Å². The average Bonchev–Trinajstić information content (AvgIpc) is 3.22. The van der Waals surface area contributed by atoms with Crippen LogP contribution in [0.15, 0.2) is 36.4 Å². The lowest BCUT2D eigenvalue weighted by Gasteiger charge is -2.22. The second-order valence-corrected chi connectivity index (χ2v) is 7.77. The van der Waals surface area contributed by atoms with Gasteiger partial charge in [-0.3, -0.25) is 20.4 Å². The number of hydrogen-bond acceptors (Lipinski definition) is 3. The largest absolute Gasteiger partial charge is 0.279 e. The van der Waals surface area contributed by atoms with E-state index in [0.717, 1.165) is 24.8 Å². The van der Waals surface area contributed by atoms with Crippen molar-refractivity contribution in [3.8, 4) is 0 Å². The third kappa shape index (κ3) is 3.93. The Morgan fingerprint density at radius 3 is 2.60 bits per heavy atom. The van der Waals surface area contributed by atoms with Crippen LogP contribution in [0.5, 0.6) is 0 Å². The fraction of sp³-hybridized carbons (Fsp3) is 0.400. The Hall–Kier alpha value is -2.14. The summed E-state index contributed by atoms with van der Waals surface area (Å²) >= 11 is 1.53. The lowest BCUT2D eigenvalue weighted by atomic mass is 9.85. The summed E-state index contributed by atoms with van der Waals surface area (Å²) in [4.78, 5) is 27.0. The molecule has 4 nitrogen and oxygen atoms in total. The second kappa shape index (κ2) is 7.83. The molecule has 2 atom stereocenters. The molecule has 5 heteroatoms. The number of hydrogen-bond donors (Lipinski definition) is 2. The highest BCUT2D eigenvalue weighted by Crippen LogP contribution is 2.30. The van der Waals surface area contributed by atoms with Gasteiger partial charge in [-0.2, -0.15) is 0 Å². The van der Waals surface area contributed by atoms with Gasteiger partial charge >= 0.3 is 0 Å². The van der Waals surface area contributed by atoms with Gasteiger partial charge in [-0.15, -0.1) is 11.3 Å². The maximum Gasteiger partial charge on any atom is 0.279 e. The van der Waals surface area contributed by atoms with Crippen molar-refractivity contribution < 1.29 is 9.59 Å². The molecule has 25 heavy (non-hydrogen) atoms. The van der Waals surface area contributed by atoms with Crippen molar-refractivity contribution in [3.63, 3.8) is 0 Å². The molecule has 132 valence electrons. The zero-order chi connectivity index (χ0) is 17.8. The number of benzene rings is 1. The molecule has 0 bridgehead atoms. The zero-order valence-electron chi connectivity index (χ0n) is 14.7. The molecule has 3 rings (SSSR count). The first-order chi connectivity index (χ1) is 12.1. The van der Waals surface area contributed by atoms with Crippen molar-refractivity contribution in [1.29, 1.82) is 0 Å². The Labute approximate surface area is 152 Å². The van der Waals surface area contributed by atoms with Crippen molar-refractivity contribution in [2.45, 2.75) is 45.4 Å². The molecule has 1 aliphatic rings. The summed E-state index contributed by atoms with van der Waals surface area (Å²) in [6, 6.07) is 11.7. The normalized spacial score (nSPS) is 15.3. The third-order valence-corrected chi connectivity index (χ3v) is 6.16. The van der Waals surface area contributed by atoms with Gasteiger partial charge in [0.1, 0.15) is 0 Å². The van der Waals surface area contributed by atoms with Crippen LogP contribution in [0.1, 0.15) is 58.3 Å². The van der Waals surface area contributed by atoms with Gasteiger partial charge in [0.25, 0.3) is 5.91 Å². The van der Waals surface area contributed by atoms with E-state index >= 15 is 0 Å². The summed E-state index contributed by atoms with van der Waals surface area (Å²) in [6.45, 7) is 4.13. The number of amides is 2. The van der Waals surface area contributed by atoms with Gasteiger partial charge in [0, 0.05) is 4.88 Å². The first-order valence-corrected chi connectivity index (χ1v) is 9.68. The van der Waals surface area contributed by atoms with Gasteiger partial charge in [-0.25, -0.2) is 0 Å². The number of rotatable bonds is 5. The molecule has 2 amide bonds. The van der Waals surface area contributed by atoms with Crippen LogP contribution in [0.25, 0.3) is 0 Å². The molecule has 1 aromatic heterocycles. The van der Waals surface area contributed by atoms with Crippen LogP contribution in [0.4, 0.5) is 0 Å². The highest BCUT2D eigenvalue weighted by atomic mass is 32.1. The van der Waals surface area contributed by atoms with Crippen molar-refractivity contribution in [2.24, 2.45) is 5.92 Å². The number of aryl methyl sites for hydroxylation is 2. The summed E-state index contributed by atoms with van der Waals surface area (Å²) in [7, 11) is 0. The minimum atomic E-state index is -0.278. The Morgan fingerprint density at radius 2 is 1.92 bits per heavy atom. The maximum atomic E-state index is 12.7. The Morgan fingerprint density at radius 1 is 1.16 bits per heavy atom. The minimum Gasteiger partial charge on any atom is -0.273 e. The number of thiophene rings is 1. The molecule has 1 aromatic carbocycles. The third-order valence-electron chi connectivity index (χ3n) is 4.92. The van der Waals surface area contributed by atoms with Crippen LogP contribution in [-0.4, -0.2) is 11.8 Å². The van der Waals surface area contributed by atoms with Gasteiger partial charge in [-0.05, 0) is 42.4 Å². The summed E-state index contributed by atoms with van der Waals surface area (Å²) < 4.78 is 0. The number of hydrazine groups is 1. The minimum absolute atomic E-state index is 0.169. The SMILES string of the molecule is CC[C@H](C)[C@H](C(=O)NNC(=O)c1cc2c(s1)CCC2)c1ccccc1. The predicted octanol–water partition coefficient (Wildman–Crippen LogP) is 3.83. The first kappa shape index (κ1) is 17.7. The average molecular weight is 356 g/mol. The number of carbonyl (C=O) groups is 2. The number of nitrogens with one attached hydrogen (secondary N) is 2. The molecular weight excluding hydrogens is 332 g/mol. The molecule has 0 spiro atoms. The van der Waals surface area contributed by atoms with Crippen molar-refractivity contribution in [3.05, 3.63) is 57.3 Å². The van der Waals surface area contributed by atoms with E-state index in [0.29, 0.717) is 4.88 Å². The van der Waals surface area contributed by atoms with Crippen molar-refractivity contribution >= 4 is 23.2 Å². The van der Waals surface area contributed by atoms with Gasteiger partial charge in [-0.1, -0.05) is 50.6 Å². The predicted molar refractivity (Wildman–Crippen MR) is 101 cm³/mol. The topological polar surface area (TPSA) is 58.2 Å². The quantitative estimate of drug-likeness (QED) is 0.800. The molecular formula is C20H24N2O2S. The van der Waals surface area contributed by atoms with E-state index < -0.39 is 0 Å². The van der Waals surface area contributed by atoms with E-state index in [2.05, 4.69) is 24.7 Å². The first-order valence-electron chi connectivity index (χ1n) is 8.87. The van der Waals surface area contributed by atoms with E-state index in [1.807, 2.05) is 36.4 Å². The Kier molecular flexibility index (Phi) is 5.53. The standard InChI is InChI=1S/C20H24N2O2S/c1-3-13(2)18(14-8-5-4-6-9-14)20(24)22-21-19(23)17-12-15-10-7-11-16(15)25-17/h4-6,8-9,12-13,18H,3,7,10-11H2,1-2H3,(H,21,23)(H,22,24)/t13-,18-/m0/s1. The van der Waals surface area contributed by atoms with E-state index in [4.69, 9.17) is 0 Å². The summed E-state index contributed by atoms with van der Waals surface area (Å²) in [5, 5.41) is 0. The molecule has 0 unspecified atom stereocenters. The molecule has 0 saturated heterocycles. The number of fused-ring (bicyclic) bond motifs is 1. The van der Waals surface area contributed by atoms with Crippen LogP contribution in [-0.2, 0) is 17.6 Å². The molecule has 2 N–H and O–H groups in total. The van der Waals surface area contributed by atoms with Crippen molar-refractivity contribution in [1.82, 2.24) is 10.9 Å². The molecule has 0 fully saturated rings. The van der Waals surface area contributed by atoms with Crippen LogP contribution < -0.4 is 10.9 Å².